The Bertz CT molecular complexity index is 197. The van der Waals surface area contributed by atoms with Gasteiger partial charge in [-0.05, 0) is 13.0 Å². The zero-order chi connectivity index (χ0) is 12.4. The molecule has 0 unspecified atom stereocenters. The Morgan fingerprint density at radius 1 is 1.40 bits per heavy atom. The van der Waals surface area contributed by atoms with Crippen LogP contribution in [0.4, 0.5) is 0 Å². The van der Waals surface area contributed by atoms with Crippen LogP contribution < -0.4 is 11.1 Å². The molecule has 0 heterocycles. The second kappa shape index (κ2) is 9.42. The summed E-state index contributed by atoms with van der Waals surface area (Å²) >= 11 is 0. The van der Waals surface area contributed by atoms with Crippen molar-refractivity contribution in [1.82, 2.24) is 5.32 Å². The normalized spacial score (nSPS) is 13.3. The Kier molecular flexibility index (Phi) is 10.2. The Hall–Kier alpha value is -1.14. The van der Waals surface area contributed by atoms with E-state index in [9.17, 15) is 9.59 Å². The highest BCUT2D eigenvalue weighted by atomic mass is 16.4. The molecule has 0 amide bonds. The number of nitrogens with one attached hydrogen (secondary N) is 1. The average molecular weight is 220 g/mol. The van der Waals surface area contributed by atoms with Crippen LogP contribution in [0, 0.1) is 5.92 Å². The summed E-state index contributed by atoms with van der Waals surface area (Å²) in [5, 5.41) is 18.7. The van der Waals surface area contributed by atoms with Gasteiger partial charge in [-0.3, -0.25) is 9.59 Å². The van der Waals surface area contributed by atoms with Crippen molar-refractivity contribution >= 4 is 11.9 Å². The molecule has 0 bridgehead atoms. The zero-order valence-electron chi connectivity index (χ0n) is 9.36. The van der Waals surface area contributed by atoms with Gasteiger partial charge in [0.2, 0.25) is 0 Å². The third-order valence-corrected chi connectivity index (χ3v) is 1.87. The number of carbonyl (C=O) groups is 2. The first kappa shape index (κ1) is 16.3. The van der Waals surface area contributed by atoms with E-state index in [1.165, 1.54) is 0 Å². The third-order valence-electron chi connectivity index (χ3n) is 1.87. The number of likely N-dealkylation sites (N-methyl/N-ethyl adjacent to an activating group) is 1. The largest absolute Gasteiger partial charge is 0.480 e. The first-order valence-corrected chi connectivity index (χ1v) is 4.71. The van der Waals surface area contributed by atoms with Crippen LogP contribution in [0.15, 0.2) is 0 Å². The SMILES string of the molecule is CC[C@@H](C)[C@H](N)C(=O)O.CNCC(=O)O. The lowest BCUT2D eigenvalue weighted by Gasteiger charge is -2.11. The number of aliphatic carboxylic acids is 2. The molecule has 6 nitrogen and oxygen atoms in total. The molecule has 15 heavy (non-hydrogen) atoms. The van der Waals surface area contributed by atoms with Crippen molar-refractivity contribution in [3.05, 3.63) is 0 Å². The molecule has 5 N–H and O–H groups in total. The minimum atomic E-state index is -0.913. The highest BCUT2D eigenvalue weighted by molar-refractivity contribution is 5.73. The monoisotopic (exact) mass is 220 g/mol. The first-order chi connectivity index (χ1) is 6.86. The van der Waals surface area contributed by atoms with Crippen LogP contribution >= 0.6 is 0 Å². The molecule has 6 heteroatoms. The summed E-state index contributed by atoms with van der Waals surface area (Å²) in [4.78, 5) is 19.7. The summed E-state index contributed by atoms with van der Waals surface area (Å²) in [6.07, 6.45) is 0.813. The fraction of sp³-hybridized carbons (Fsp3) is 0.778. The van der Waals surface area contributed by atoms with Crippen molar-refractivity contribution in [2.24, 2.45) is 11.7 Å². The summed E-state index contributed by atoms with van der Waals surface area (Å²) in [6, 6.07) is -0.699. The molecule has 0 radical (unpaired) electrons. The quantitative estimate of drug-likeness (QED) is 0.507. The van der Waals surface area contributed by atoms with Crippen molar-refractivity contribution in [1.29, 1.82) is 0 Å². The molecule has 90 valence electrons. The highest BCUT2D eigenvalue weighted by Crippen LogP contribution is 2.04. The molecule has 0 aromatic rings. The molecule has 0 saturated heterocycles. The minimum absolute atomic E-state index is 0.0417. The number of carboxylic acids is 2. The molecule has 0 saturated carbocycles. The third kappa shape index (κ3) is 10.8. The van der Waals surface area contributed by atoms with Gasteiger partial charge >= 0.3 is 11.9 Å². The van der Waals surface area contributed by atoms with E-state index >= 15 is 0 Å². The van der Waals surface area contributed by atoms with Crippen LogP contribution in [0.3, 0.4) is 0 Å². The van der Waals surface area contributed by atoms with Crippen LogP contribution in [0.2, 0.25) is 0 Å². The van der Waals surface area contributed by atoms with Crippen LogP contribution in [0.5, 0.6) is 0 Å². The lowest BCUT2D eigenvalue weighted by Crippen LogP contribution is -2.36. The molecule has 0 aromatic heterocycles. The molecule has 0 aliphatic carbocycles. The van der Waals surface area contributed by atoms with E-state index in [0.29, 0.717) is 0 Å². The number of hydrogen-bond donors (Lipinski definition) is 4. The Morgan fingerprint density at radius 3 is 1.93 bits per heavy atom. The minimum Gasteiger partial charge on any atom is -0.480 e. The lowest BCUT2D eigenvalue weighted by molar-refractivity contribution is -0.139. The van der Waals surface area contributed by atoms with Crippen molar-refractivity contribution in [2.45, 2.75) is 26.3 Å². The summed E-state index contributed by atoms with van der Waals surface area (Å²) in [7, 11) is 1.59. The molecule has 0 fully saturated rings. The van der Waals surface area contributed by atoms with Crippen molar-refractivity contribution in [2.75, 3.05) is 13.6 Å². The maximum Gasteiger partial charge on any atom is 0.320 e. The summed E-state index contributed by atoms with van der Waals surface area (Å²) < 4.78 is 0. The van der Waals surface area contributed by atoms with E-state index in [2.05, 4.69) is 5.32 Å². The van der Waals surface area contributed by atoms with Gasteiger partial charge in [-0.25, -0.2) is 0 Å². The van der Waals surface area contributed by atoms with Crippen LogP contribution in [0.25, 0.3) is 0 Å². The topological polar surface area (TPSA) is 113 Å². The number of nitrogens with two attached hydrogens (primary N) is 1. The number of hydrogen-bond acceptors (Lipinski definition) is 4. The lowest BCUT2D eigenvalue weighted by atomic mass is 10.0. The molecule has 0 rings (SSSR count). The number of carboxylic acid groups (broad SMARTS) is 2. The van der Waals surface area contributed by atoms with Gasteiger partial charge in [-0.15, -0.1) is 0 Å². The predicted octanol–water partition coefficient (Wildman–Crippen LogP) is -0.265. The van der Waals surface area contributed by atoms with E-state index in [4.69, 9.17) is 15.9 Å². The van der Waals surface area contributed by atoms with Gasteiger partial charge in [-0.2, -0.15) is 0 Å². The van der Waals surface area contributed by atoms with Gasteiger partial charge in [0.1, 0.15) is 6.04 Å². The van der Waals surface area contributed by atoms with Crippen LogP contribution in [0.1, 0.15) is 20.3 Å². The van der Waals surface area contributed by atoms with Crippen LogP contribution in [-0.4, -0.2) is 41.8 Å². The van der Waals surface area contributed by atoms with Gasteiger partial charge in [0, 0.05) is 0 Å². The fourth-order valence-corrected chi connectivity index (χ4v) is 0.649. The van der Waals surface area contributed by atoms with Crippen LogP contribution in [-0.2, 0) is 9.59 Å². The second-order valence-corrected chi connectivity index (χ2v) is 3.17. The zero-order valence-corrected chi connectivity index (χ0v) is 9.36. The molecular formula is C9H20N2O4. The van der Waals surface area contributed by atoms with E-state index in [1.54, 1.807) is 7.05 Å². The van der Waals surface area contributed by atoms with Gasteiger partial charge in [-0.1, -0.05) is 20.3 Å². The van der Waals surface area contributed by atoms with Gasteiger partial charge < -0.3 is 21.3 Å². The van der Waals surface area contributed by atoms with Gasteiger partial charge in [0.25, 0.3) is 0 Å². The van der Waals surface area contributed by atoms with Crippen molar-refractivity contribution < 1.29 is 19.8 Å². The maximum atomic E-state index is 10.2. The Morgan fingerprint density at radius 2 is 1.87 bits per heavy atom. The Labute approximate surface area is 89.5 Å². The smallest absolute Gasteiger partial charge is 0.320 e. The second-order valence-electron chi connectivity index (χ2n) is 3.17. The summed E-state index contributed by atoms with van der Waals surface area (Å²) in [5.74, 6) is -1.66. The standard InChI is InChI=1S/C6H13NO2.C3H7NO2/c1-3-4(2)5(7)6(8)9;1-4-2-3(5)6/h4-5H,3,7H2,1-2H3,(H,8,9);4H,2H2,1H3,(H,5,6)/t4-,5+;/m1./s1. The maximum absolute atomic E-state index is 10.2. The van der Waals surface area contributed by atoms with Crippen molar-refractivity contribution in [3.8, 4) is 0 Å². The van der Waals surface area contributed by atoms with Gasteiger partial charge in [0.15, 0.2) is 0 Å². The first-order valence-electron chi connectivity index (χ1n) is 4.71. The molecule has 0 aliphatic rings. The summed E-state index contributed by atoms with van der Waals surface area (Å²) in [6.45, 7) is 3.80. The Balaban J connectivity index is 0. The van der Waals surface area contributed by atoms with E-state index in [1.807, 2.05) is 13.8 Å². The number of rotatable bonds is 5. The van der Waals surface area contributed by atoms with Gasteiger partial charge in [0.05, 0.1) is 6.54 Å². The molecule has 0 aromatic carbocycles. The van der Waals surface area contributed by atoms with E-state index < -0.39 is 18.0 Å². The van der Waals surface area contributed by atoms with Crippen molar-refractivity contribution in [3.63, 3.8) is 0 Å². The van der Waals surface area contributed by atoms with E-state index in [-0.39, 0.29) is 12.5 Å². The molecule has 0 aliphatic heterocycles. The molecular weight excluding hydrogens is 200 g/mol. The highest BCUT2D eigenvalue weighted by Gasteiger charge is 2.17. The van der Waals surface area contributed by atoms with E-state index in [0.717, 1.165) is 6.42 Å². The predicted molar refractivity (Wildman–Crippen MR) is 56.6 cm³/mol. The molecule has 0 spiro atoms. The average Bonchev–Trinajstić information content (AvgIpc) is 2.16. The summed E-state index contributed by atoms with van der Waals surface area (Å²) in [5.41, 5.74) is 5.27. The molecule has 2 atom stereocenters. The fourth-order valence-electron chi connectivity index (χ4n) is 0.649.